The first kappa shape index (κ1) is 14.2. The van der Waals surface area contributed by atoms with Crippen LogP contribution in [0.4, 0.5) is 0 Å². The molecule has 0 spiro atoms. The Kier molecular flexibility index (Phi) is 5.07. The number of hydrogen-bond donors (Lipinski definition) is 1. The molecule has 1 aromatic rings. The van der Waals surface area contributed by atoms with Gasteiger partial charge in [-0.05, 0) is 43.4 Å². The van der Waals surface area contributed by atoms with Gasteiger partial charge >= 0.3 is 0 Å². The minimum atomic E-state index is 0.421. The van der Waals surface area contributed by atoms with Crippen molar-refractivity contribution in [2.45, 2.75) is 25.7 Å². The van der Waals surface area contributed by atoms with Crippen molar-refractivity contribution in [2.24, 2.45) is 17.6 Å². The van der Waals surface area contributed by atoms with Crippen LogP contribution in [0.3, 0.4) is 0 Å². The van der Waals surface area contributed by atoms with E-state index in [1.807, 2.05) is 0 Å². The number of halogens is 1. The summed E-state index contributed by atoms with van der Waals surface area (Å²) >= 11 is 5.98. The highest BCUT2D eigenvalue weighted by molar-refractivity contribution is 6.31. The maximum Gasteiger partial charge on any atom is 0.138 e. The predicted octanol–water partition coefficient (Wildman–Crippen LogP) is 3.36. The normalized spacial score (nSPS) is 22.8. The van der Waals surface area contributed by atoms with E-state index in [9.17, 15) is 0 Å². The SMILES string of the molecule is N#Cc1c(Cl)cccc1OCC1CCCCC1CN. The molecule has 1 aliphatic carbocycles. The van der Waals surface area contributed by atoms with E-state index in [0.29, 0.717) is 41.3 Å². The molecule has 2 rings (SSSR count). The molecule has 102 valence electrons. The number of nitrogens with two attached hydrogens (primary N) is 1. The molecule has 0 radical (unpaired) electrons. The van der Waals surface area contributed by atoms with Gasteiger partial charge in [-0.1, -0.05) is 30.5 Å². The summed E-state index contributed by atoms with van der Waals surface area (Å²) in [4.78, 5) is 0. The fourth-order valence-corrected chi connectivity index (χ4v) is 2.95. The zero-order valence-electron chi connectivity index (χ0n) is 10.9. The highest BCUT2D eigenvalue weighted by atomic mass is 35.5. The van der Waals surface area contributed by atoms with Gasteiger partial charge in [0.2, 0.25) is 0 Å². The maximum absolute atomic E-state index is 9.10. The van der Waals surface area contributed by atoms with Crippen LogP contribution in [0.25, 0.3) is 0 Å². The summed E-state index contributed by atoms with van der Waals surface area (Å²) < 4.78 is 5.82. The van der Waals surface area contributed by atoms with E-state index in [-0.39, 0.29) is 0 Å². The highest BCUT2D eigenvalue weighted by Gasteiger charge is 2.24. The van der Waals surface area contributed by atoms with Crippen LogP contribution in [0.2, 0.25) is 5.02 Å². The first-order chi connectivity index (χ1) is 9.26. The summed E-state index contributed by atoms with van der Waals surface area (Å²) in [7, 11) is 0. The molecule has 2 N–H and O–H groups in total. The van der Waals surface area contributed by atoms with Crippen LogP contribution in [-0.4, -0.2) is 13.2 Å². The number of benzene rings is 1. The Balaban J connectivity index is 2.02. The maximum atomic E-state index is 9.10. The number of ether oxygens (including phenoxy) is 1. The van der Waals surface area contributed by atoms with E-state index < -0.39 is 0 Å². The lowest BCUT2D eigenvalue weighted by Gasteiger charge is -2.30. The molecule has 1 aliphatic rings. The third kappa shape index (κ3) is 3.40. The third-order valence-electron chi connectivity index (χ3n) is 3.91. The molecule has 0 aliphatic heterocycles. The van der Waals surface area contributed by atoms with E-state index >= 15 is 0 Å². The zero-order chi connectivity index (χ0) is 13.7. The number of hydrogen-bond acceptors (Lipinski definition) is 3. The van der Waals surface area contributed by atoms with Gasteiger partial charge in [0.25, 0.3) is 0 Å². The van der Waals surface area contributed by atoms with Crippen LogP contribution >= 0.6 is 11.6 Å². The monoisotopic (exact) mass is 278 g/mol. The second-order valence-electron chi connectivity index (χ2n) is 5.08. The van der Waals surface area contributed by atoms with Gasteiger partial charge in [-0.3, -0.25) is 0 Å². The van der Waals surface area contributed by atoms with Gasteiger partial charge in [0, 0.05) is 0 Å². The molecular formula is C15H19ClN2O. The second kappa shape index (κ2) is 6.79. The standard InChI is InChI=1S/C15H19ClN2O/c16-14-6-3-7-15(13(14)9-18)19-10-12-5-2-1-4-11(12)8-17/h3,6-7,11-12H,1-2,4-5,8,10,17H2. The zero-order valence-corrected chi connectivity index (χ0v) is 11.7. The Morgan fingerprint density at radius 2 is 2.05 bits per heavy atom. The predicted molar refractivity (Wildman–Crippen MR) is 76.2 cm³/mol. The Bertz CT molecular complexity index is 470. The molecule has 1 aromatic carbocycles. The number of rotatable bonds is 4. The molecule has 0 bridgehead atoms. The van der Waals surface area contributed by atoms with Gasteiger partial charge in [0.15, 0.2) is 0 Å². The van der Waals surface area contributed by atoms with Crippen LogP contribution in [0, 0.1) is 23.2 Å². The minimum Gasteiger partial charge on any atom is -0.492 e. The summed E-state index contributed by atoms with van der Waals surface area (Å²) in [6.45, 7) is 1.34. The van der Waals surface area contributed by atoms with Crippen LogP contribution < -0.4 is 10.5 Å². The molecule has 4 heteroatoms. The van der Waals surface area contributed by atoms with Gasteiger partial charge in [0.05, 0.1) is 11.6 Å². The first-order valence-corrected chi connectivity index (χ1v) is 7.15. The Hall–Kier alpha value is -1.24. The fourth-order valence-electron chi connectivity index (χ4n) is 2.74. The second-order valence-corrected chi connectivity index (χ2v) is 5.48. The molecule has 19 heavy (non-hydrogen) atoms. The van der Waals surface area contributed by atoms with Gasteiger partial charge in [-0.15, -0.1) is 0 Å². The van der Waals surface area contributed by atoms with Crippen molar-refractivity contribution in [3.8, 4) is 11.8 Å². The average Bonchev–Trinajstić information content (AvgIpc) is 2.45. The van der Waals surface area contributed by atoms with E-state index in [2.05, 4.69) is 6.07 Å². The minimum absolute atomic E-state index is 0.421. The Morgan fingerprint density at radius 3 is 2.74 bits per heavy atom. The van der Waals surface area contributed by atoms with Crippen molar-refractivity contribution in [3.63, 3.8) is 0 Å². The van der Waals surface area contributed by atoms with Crippen LogP contribution in [-0.2, 0) is 0 Å². The fraction of sp³-hybridized carbons (Fsp3) is 0.533. The average molecular weight is 279 g/mol. The summed E-state index contributed by atoms with van der Waals surface area (Å²) in [6, 6.07) is 7.40. The van der Waals surface area contributed by atoms with Crippen LogP contribution in [0.15, 0.2) is 18.2 Å². The molecule has 0 amide bonds. The number of nitrogens with zero attached hydrogens (tertiary/aromatic N) is 1. The van der Waals surface area contributed by atoms with Gasteiger partial charge < -0.3 is 10.5 Å². The van der Waals surface area contributed by atoms with E-state index in [1.54, 1.807) is 18.2 Å². The van der Waals surface area contributed by atoms with E-state index in [1.165, 1.54) is 19.3 Å². The third-order valence-corrected chi connectivity index (χ3v) is 4.22. The highest BCUT2D eigenvalue weighted by Crippen LogP contribution is 2.31. The van der Waals surface area contributed by atoms with Crippen molar-refractivity contribution in [1.82, 2.24) is 0 Å². The van der Waals surface area contributed by atoms with Gasteiger partial charge in [-0.25, -0.2) is 0 Å². The van der Waals surface area contributed by atoms with Crippen molar-refractivity contribution in [1.29, 1.82) is 5.26 Å². The van der Waals surface area contributed by atoms with Crippen molar-refractivity contribution < 1.29 is 4.74 Å². The lowest BCUT2D eigenvalue weighted by Crippen LogP contribution is -2.30. The molecule has 0 heterocycles. The topological polar surface area (TPSA) is 59.0 Å². The van der Waals surface area contributed by atoms with Crippen molar-refractivity contribution in [2.75, 3.05) is 13.2 Å². The molecule has 2 unspecified atom stereocenters. The van der Waals surface area contributed by atoms with Gasteiger partial charge in [0.1, 0.15) is 17.4 Å². The first-order valence-electron chi connectivity index (χ1n) is 6.77. The van der Waals surface area contributed by atoms with Crippen molar-refractivity contribution in [3.05, 3.63) is 28.8 Å². The molecule has 3 nitrogen and oxygen atoms in total. The quantitative estimate of drug-likeness (QED) is 0.919. The Morgan fingerprint density at radius 1 is 1.32 bits per heavy atom. The van der Waals surface area contributed by atoms with Crippen LogP contribution in [0.5, 0.6) is 5.75 Å². The Labute approximate surface area is 119 Å². The summed E-state index contributed by atoms with van der Waals surface area (Å²) in [5, 5.41) is 9.54. The van der Waals surface area contributed by atoms with Crippen LogP contribution in [0.1, 0.15) is 31.2 Å². The lowest BCUT2D eigenvalue weighted by atomic mass is 9.80. The summed E-state index contributed by atoms with van der Waals surface area (Å²) in [5.74, 6) is 1.61. The van der Waals surface area contributed by atoms with E-state index in [0.717, 1.165) is 6.42 Å². The lowest BCUT2D eigenvalue weighted by molar-refractivity contribution is 0.153. The van der Waals surface area contributed by atoms with Crippen molar-refractivity contribution >= 4 is 11.6 Å². The summed E-state index contributed by atoms with van der Waals surface area (Å²) in [6.07, 6.45) is 4.85. The summed E-state index contributed by atoms with van der Waals surface area (Å²) in [5.41, 5.74) is 6.23. The number of nitriles is 1. The molecule has 2 atom stereocenters. The molecule has 1 saturated carbocycles. The smallest absolute Gasteiger partial charge is 0.138 e. The molecule has 0 saturated heterocycles. The largest absolute Gasteiger partial charge is 0.492 e. The molecular weight excluding hydrogens is 260 g/mol. The van der Waals surface area contributed by atoms with Gasteiger partial charge in [-0.2, -0.15) is 5.26 Å². The molecule has 0 aromatic heterocycles. The molecule has 1 fully saturated rings. The van der Waals surface area contributed by atoms with E-state index in [4.69, 9.17) is 27.3 Å².